The van der Waals surface area contributed by atoms with Crippen LogP contribution in [0.4, 0.5) is 0 Å². The highest BCUT2D eigenvalue weighted by molar-refractivity contribution is 7.15. The molecule has 0 saturated heterocycles. The number of fused-ring (bicyclic) bond motifs is 1. The molecule has 0 aliphatic heterocycles. The first kappa shape index (κ1) is 11.6. The molecule has 0 amide bonds. The summed E-state index contributed by atoms with van der Waals surface area (Å²) in [6.07, 6.45) is 1.48. The Labute approximate surface area is 101 Å². The summed E-state index contributed by atoms with van der Waals surface area (Å²) in [4.78, 5) is 20.1. The molecular formula is C10H11N3O3S. The Morgan fingerprint density at radius 3 is 3.18 bits per heavy atom. The predicted molar refractivity (Wildman–Crippen MR) is 63.7 cm³/mol. The number of aromatic nitrogens is 2. The van der Waals surface area contributed by atoms with Crippen LogP contribution < -0.4 is 0 Å². The van der Waals surface area contributed by atoms with Gasteiger partial charge in [-0.25, -0.2) is 9.78 Å². The second-order valence-corrected chi connectivity index (χ2v) is 4.32. The summed E-state index contributed by atoms with van der Waals surface area (Å²) in [7, 11) is 0. The van der Waals surface area contributed by atoms with Gasteiger partial charge in [0.2, 0.25) is 6.61 Å². The third-order valence-corrected chi connectivity index (χ3v) is 3.14. The van der Waals surface area contributed by atoms with Gasteiger partial charge in [0.15, 0.2) is 4.96 Å². The maximum absolute atomic E-state index is 10.2. The maximum atomic E-state index is 10.2. The van der Waals surface area contributed by atoms with Crippen molar-refractivity contribution in [3.05, 3.63) is 22.5 Å². The largest absolute Gasteiger partial charge is 0.479 e. The first-order valence-electron chi connectivity index (χ1n) is 4.90. The number of hydrogen-bond donors (Lipinski definition) is 1. The summed E-state index contributed by atoms with van der Waals surface area (Å²) in [6, 6.07) is 0. The lowest BCUT2D eigenvalue weighted by molar-refractivity contribution is -0.142. The average Bonchev–Trinajstić information content (AvgIpc) is 2.75. The van der Waals surface area contributed by atoms with E-state index in [1.807, 2.05) is 23.6 Å². The number of carbonyl (C=O) groups is 1. The van der Waals surface area contributed by atoms with Gasteiger partial charge in [-0.2, -0.15) is 0 Å². The smallest absolute Gasteiger partial charge is 0.344 e. The van der Waals surface area contributed by atoms with E-state index in [1.165, 1.54) is 6.21 Å². The minimum absolute atomic E-state index is 0.444. The Hall–Kier alpha value is -1.89. The lowest BCUT2D eigenvalue weighted by Gasteiger charge is -1.96. The number of thiazole rings is 1. The van der Waals surface area contributed by atoms with Gasteiger partial charge in [-0.3, -0.25) is 4.40 Å². The van der Waals surface area contributed by atoms with Gasteiger partial charge in [0, 0.05) is 11.1 Å². The Morgan fingerprint density at radius 2 is 2.47 bits per heavy atom. The number of imidazole rings is 1. The number of oxime groups is 1. The molecule has 0 bridgehead atoms. The van der Waals surface area contributed by atoms with E-state index in [4.69, 9.17) is 5.11 Å². The SMILES string of the molecule is Cc1nc2scc(C)n2c1C=NOCC(=O)O. The van der Waals surface area contributed by atoms with Gasteiger partial charge in [0.1, 0.15) is 0 Å². The second-order valence-electron chi connectivity index (χ2n) is 3.48. The number of aryl methyl sites for hydroxylation is 2. The first-order valence-corrected chi connectivity index (χ1v) is 5.78. The Morgan fingerprint density at radius 1 is 1.71 bits per heavy atom. The molecule has 0 fully saturated rings. The maximum Gasteiger partial charge on any atom is 0.344 e. The Balaban J connectivity index is 2.25. The van der Waals surface area contributed by atoms with Crippen LogP contribution >= 0.6 is 11.3 Å². The van der Waals surface area contributed by atoms with Crippen molar-refractivity contribution in [2.75, 3.05) is 6.61 Å². The van der Waals surface area contributed by atoms with Gasteiger partial charge < -0.3 is 9.94 Å². The summed E-state index contributed by atoms with van der Waals surface area (Å²) in [5, 5.41) is 14.0. The molecular weight excluding hydrogens is 242 g/mol. The summed E-state index contributed by atoms with van der Waals surface area (Å²) >= 11 is 1.55. The molecule has 2 rings (SSSR count). The van der Waals surface area contributed by atoms with E-state index in [1.54, 1.807) is 11.3 Å². The van der Waals surface area contributed by atoms with Crippen LogP contribution in [0.2, 0.25) is 0 Å². The van der Waals surface area contributed by atoms with Gasteiger partial charge in [0.05, 0.1) is 17.6 Å². The molecule has 2 aromatic rings. The van der Waals surface area contributed by atoms with Crippen LogP contribution in [0.3, 0.4) is 0 Å². The van der Waals surface area contributed by atoms with Crippen LogP contribution in [0.15, 0.2) is 10.5 Å². The lowest BCUT2D eigenvalue weighted by atomic mass is 10.3. The van der Waals surface area contributed by atoms with Crippen molar-refractivity contribution in [3.63, 3.8) is 0 Å². The van der Waals surface area contributed by atoms with Crippen LogP contribution in [0.25, 0.3) is 4.96 Å². The molecule has 0 unspecified atom stereocenters. The number of hydrogen-bond acceptors (Lipinski definition) is 5. The molecule has 0 radical (unpaired) electrons. The number of carboxylic acids is 1. The van der Waals surface area contributed by atoms with Crippen LogP contribution in [0, 0.1) is 13.8 Å². The molecule has 0 saturated carbocycles. The quantitative estimate of drug-likeness (QED) is 0.661. The fraction of sp³-hybridized carbons (Fsp3) is 0.300. The standard InChI is InChI=1S/C10H11N3O3S/c1-6-5-17-10-12-7(2)8(13(6)10)3-11-16-4-9(14)15/h3,5H,4H2,1-2H3,(H,14,15). The van der Waals surface area contributed by atoms with E-state index in [9.17, 15) is 4.79 Å². The van der Waals surface area contributed by atoms with E-state index < -0.39 is 12.6 Å². The van der Waals surface area contributed by atoms with Gasteiger partial charge in [-0.15, -0.1) is 11.3 Å². The third kappa shape index (κ3) is 2.28. The van der Waals surface area contributed by atoms with Crippen LogP contribution in [-0.4, -0.2) is 33.3 Å². The van der Waals surface area contributed by atoms with E-state index >= 15 is 0 Å². The van der Waals surface area contributed by atoms with Crippen LogP contribution in [0.5, 0.6) is 0 Å². The molecule has 1 N–H and O–H groups in total. The van der Waals surface area contributed by atoms with Crippen molar-refractivity contribution in [1.82, 2.24) is 9.38 Å². The molecule has 2 aromatic heterocycles. The van der Waals surface area contributed by atoms with Crippen LogP contribution in [-0.2, 0) is 9.63 Å². The fourth-order valence-electron chi connectivity index (χ4n) is 1.46. The zero-order valence-electron chi connectivity index (χ0n) is 9.38. The molecule has 0 aliphatic carbocycles. The first-order chi connectivity index (χ1) is 8.09. The average molecular weight is 253 g/mol. The molecule has 90 valence electrons. The zero-order chi connectivity index (χ0) is 12.4. The topological polar surface area (TPSA) is 76.2 Å². The number of carboxylic acid groups (broad SMARTS) is 1. The molecule has 0 atom stereocenters. The monoisotopic (exact) mass is 253 g/mol. The highest BCUT2D eigenvalue weighted by Crippen LogP contribution is 2.19. The number of aliphatic carboxylic acids is 1. The second kappa shape index (κ2) is 4.54. The zero-order valence-corrected chi connectivity index (χ0v) is 10.2. The molecule has 0 spiro atoms. The van der Waals surface area contributed by atoms with Gasteiger partial charge in [-0.05, 0) is 13.8 Å². The van der Waals surface area contributed by atoms with Crippen LogP contribution in [0.1, 0.15) is 17.1 Å². The molecule has 7 heteroatoms. The summed E-state index contributed by atoms with van der Waals surface area (Å²) in [5.74, 6) is -1.05. The number of nitrogens with zero attached hydrogens (tertiary/aromatic N) is 3. The third-order valence-electron chi connectivity index (χ3n) is 2.19. The van der Waals surface area contributed by atoms with E-state index in [-0.39, 0.29) is 0 Å². The molecule has 6 nitrogen and oxygen atoms in total. The van der Waals surface area contributed by atoms with Gasteiger partial charge in [-0.1, -0.05) is 5.16 Å². The minimum Gasteiger partial charge on any atom is -0.479 e. The molecule has 2 heterocycles. The van der Waals surface area contributed by atoms with Crippen molar-refractivity contribution in [2.24, 2.45) is 5.16 Å². The van der Waals surface area contributed by atoms with Crippen molar-refractivity contribution >= 4 is 28.5 Å². The molecule has 17 heavy (non-hydrogen) atoms. The molecule has 0 aliphatic rings. The fourth-order valence-corrected chi connectivity index (χ4v) is 2.38. The summed E-state index contributed by atoms with van der Waals surface area (Å²) in [6.45, 7) is 3.40. The van der Waals surface area contributed by atoms with E-state index in [2.05, 4.69) is 15.0 Å². The van der Waals surface area contributed by atoms with Crippen molar-refractivity contribution in [3.8, 4) is 0 Å². The van der Waals surface area contributed by atoms with E-state index in [0.717, 1.165) is 22.0 Å². The summed E-state index contributed by atoms with van der Waals surface area (Å²) in [5.41, 5.74) is 2.71. The van der Waals surface area contributed by atoms with Crippen molar-refractivity contribution in [1.29, 1.82) is 0 Å². The highest BCUT2D eigenvalue weighted by atomic mass is 32.1. The Bertz CT molecular complexity index is 585. The molecule has 0 aromatic carbocycles. The minimum atomic E-state index is -1.05. The van der Waals surface area contributed by atoms with Crippen molar-refractivity contribution in [2.45, 2.75) is 13.8 Å². The Kier molecular flexibility index (Phi) is 3.10. The van der Waals surface area contributed by atoms with Gasteiger partial charge >= 0.3 is 5.97 Å². The highest BCUT2D eigenvalue weighted by Gasteiger charge is 2.10. The normalized spacial score (nSPS) is 11.4. The van der Waals surface area contributed by atoms with Crippen molar-refractivity contribution < 1.29 is 14.7 Å². The number of rotatable bonds is 4. The van der Waals surface area contributed by atoms with E-state index in [0.29, 0.717) is 0 Å². The summed E-state index contributed by atoms with van der Waals surface area (Å²) < 4.78 is 1.95. The predicted octanol–water partition coefficient (Wildman–Crippen LogP) is 1.45. The lowest BCUT2D eigenvalue weighted by Crippen LogP contribution is -2.03. The van der Waals surface area contributed by atoms with Gasteiger partial charge in [0.25, 0.3) is 0 Å².